The van der Waals surface area contributed by atoms with Crippen LogP contribution in [0.5, 0.6) is 0 Å². The van der Waals surface area contributed by atoms with Crippen molar-refractivity contribution in [2.24, 2.45) is 0 Å². The number of hydrogen-bond acceptors (Lipinski definition) is 2. The van der Waals surface area contributed by atoms with Gasteiger partial charge in [0.15, 0.2) is 0 Å². The van der Waals surface area contributed by atoms with Crippen molar-refractivity contribution in [3.63, 3.8) is 0 Å². The molecule has 0 saturated carbocycles. The highest BCUT2D eigenvalue weighted by molar-refractivity contribution is 7.92. The molecule has 2 aromatic rings. The van der Waals surface area contributed by atoms with Gasteiger partial charge in [-0.15, -0.1) is 0 Å². The predicted octanol–water partition coefficient (Wildman–Crippen LogP) is 4.26. The number of anilines is 1. The van der Waals surface area contributed by atoms with E-state index < -0.39 is 10.0 Å². The third-order valence-electron chi connectivity index (χ3n) is 2.95. The Morgan fingerprint density at radius 1 is 1.00 bits per heavy atom. The Morgan fingerprint density at radius 3 is 2.25 bits per heavy atom. The van der Waals surface area contributed by atoms with Crippen molar-refractivity contribution in [1.82, 2.24) is 0 Å². The van der Waals surface area contributed by atoms with Gasteiger partial charge < -0.3 is 0 Å². The largest absolute Gasteiger partial charge is 0.279 e. The fourth-order valence-electron chi connectivity index (χ4n) is 1.96. The van der Waals surface area contributed by atoms with Crippen molar-refractivity contribution in [1.29, 1.82) is 0 Å². The van der Waals surface area contributed by atoms with E-state index in [-0.39, 0.29) is 15.8 Å². The normalized spacial score (nSPS) is 11.6. The summed E-state index contributed by atoms with van der Waals surface area (Å²) in [4.78, 5) is 0.0835. The van der Waals surface area contributed by atoms with Gasteiger partial charge in [0.2, 0.25) is 0 Å². The van der Waals surface area contributed by atoms with E-state index in [0.29, 0.717) is 5.69 Å². The maximum atomic E-state index is 12.4. The second-order valence-corrected chi connectivity index (χ2v) is 6.84. The van der Waals surface area contributed by atoms with Crippen molar-refractivity contribution in [2.75, 3.05) is 4.72 Å². The molecule has 1 N–H and O–H groups in total. The molecule has 0 bridgehead atoms. The minimum atomic E-state index is -3.68. The van der Waals surface area contributed by atoms with Crippen LogP contribution >= 0.6 is 11.6 Å². The SMILES string of the molecule is CC(C)c1ccccc1NS(=O)(=O)c1ccccc1Cl. The van der Waals surface area contributed by atoms with Crippen molar-refractivity contribution >= 4 is 27.3 Å². The monoisotopic (exact) mass is 309 g/mol. The molecule has 3 nitrogen and oxygen atoms in total. The number of nitrogens with one attached hydrogen (secondary N) is 1. The lowest BCUT2D eigenvalue weighted by molar-refractivity contribution is 0.601. The van der Waals surface area contributed by atoms with Gasteiger partial charge in [0.1, 0.15) is 4.90 Å². The van der Waals surface area contributed by atoms with Crippen LogP contribution in [0.3, 0.4) is 0 Å². The number of hydrogen-bond donors (Lipinski definition) is 1. The van der Waals surface area contributed by atoms with Gasteiger partial charge in [0.05, 0.1) is 10.7 Å². The molecular formula is C15H16ClNO2S. The zero-order valence-corrected chi connectivity index (χ0v) is 12.9. The molecule has 20 heavy (non-hydrogen) atoms. The molecule has 0 radical (unpaired) electrons. The van der Waals surface area contributed by atoms with Crippen LogP contribution in [0.2, 0.25) is 5.02 Å². The molecule has 0 amide bonds. The molecule has 2 aromatic carbocycles. The van der Waals surface area contributed by atoms with Gasteiger partial charge >= 0.3 is 0 Å². The quantitative estimate of drug-likeness (QED) is 0.917. The van der Waals surface area contributed by atoms with Crippen LogP contribution in [0, 0.1) is 0 Å². The minimum Gasteiger partial charge on any atom is -0.279 e. The van der Waals surface area contributed by atoms with Gasteiger partial charge in [0.25, 0.3) is 10.0 Å². The highest BCUT2D eigenvalue weighted by Gasteiger charge is 2.19. The van der Waals surface area contributed by atoms with Gasteiger partial charge in [0, 0.05) is 0 Å². The summed E-state index contributed by atoms with van der Waals surface area (Å²) in [5.41, 5.74) is 1.53. The zero-order chi connectivity index (χ0) is 14.8. The van der Waals surface area contributed by atoms with Crippen LogP contribution in [0.4, 0.5) is 5.69 Å². The summed E-state index contributed by atoms with van der Waals surface area (Å²) in [6, 6.07) is 13.8. The smallest absolute Gasteiger partial charge is 0.263 e. The molecule has 0 aliphatic carbocycles. The lowest BCUT2D eigenvalue weighted by Crippen LogP contribution is -2.15. The lowest BCUT2D eigenvalue weighted by Gasteiger charge is -2.15. The summed E-state index contributed by atoms with van der Waals surface area (Å²) >= 11 is 5.96. The molecule has 5 heteroatoms. The van der Waals surface area contributed by atoms with Crippen LogP contribution in [-0.4, -0.2) is 8.42 Å². The van der Waals surface area contributed by atoms with E-state index in [2.05, 4.69) is 4.72 Å². The number of sulfonamides is 1. The number of para-hydroxylation sites is 1. The molecule has 0 aliphatic heterocycles. The molecule has 2 rings (SSSR count). The van der Waals surface area contributed by atoms with Crippen LogP contribution in [0.25, 0.3) is 0 Å². The van der Waals surface area contributed by atoms with E-state index in [4.69, 9.17) is 11.6 Å². The van der Waals surface area contributed by atoms with E-state index in [1.807, 2.05) is 26.0 Å². The average molecular weight is 310 g/mol. The zero-order valence-electron chi connectivity index (χ0n) is 11.3. The first-order valence-corrected chi connectivity index (χ1v) is 8.14. The second-order valence-electron chi connectivity index (χ2n) is 4.78. The molecule has 0 saturated heterocycles. The van der Waals surface area contributed by atoms with E-state index in [0.717, 1.165) is 5.56 Å². The number of benzene rings is 2. The standard InChI is InChI=1S/C15H16ClNO2S/c1-11(2)12-7-3-5-9-14(12)17-20(18,19)15-10-6-4-8-13(15)16/h3-11,17H,1-2H3. The van der Waals surface area contributed by atoms with E-state index in [9.17, 15) is 8.42 Å². The van der Waals surface area contributed by atoms with Crippen LogP contribution in [0.15, 0.2) is 53.4 Å². The van der Waals surface area contributed by atoms with E-state index in [1.165, 1.54) is 6.07 Å². The van der Waals surface area contributed by atoms with Crippen molar-refractivity contribution in [3.8, 4) is 0 Å². The summed E-state index contributed by atoms with van der Waals surface area (Å²) in [7, 11) is -3.68. The first kappa shape index (κ1) is 14.9. The van der Waals surface area contributed by atoms with Crippen LogP contribution in [-0.2, 0) is 10.0 Å². The Labute approximate surface area is 124 Å². The first-order valence-electron chi connectivity index (χ1n) is 6.28. The van der Waals surface area contributed by atoms with E-state index in [1.54, 1.807) is 30.3 Å². The van der Waals surface area contributed by atoms with Crippen molar-refractivity contribution in [3.05, 3.63) is 59.1 Å². The molecule has 0 fully saturated rings. The summed E-state index contributed by atoms with van der Waals surface area (Å²) in [6.45, 7) is 4.03. The Hall–Kier alpha value is -1.52. The van der Waals surface area contributed by atoms with Gasteiger partial charge in [-0.3, -0.25) is 4.72 Å². The second kappa shape index (κ2) is 5.85. The number of rotatable bonds is 4. The Bertz CT molecular complexity index is 711. The summed E-state index contributed by atoms with van der Waals surface area (Å²) in [6.07, 6.45) is 0. The molecule has 0 aliphatic rings. The number of halogens is 1. The fraction of sp³-hybridized carbons (Fsp3) is 0.200. The van der Waals surface area contributed by atoms with Crippen LogP contribution in [0.1, 0.15) is 25.3 Å². The highest BCUT2D eigenvalue weighted by Crippen LogP contribution is 2.28. The summed E-state index contributed by atoms with van der Waals surface area (Å²) in [5.74, 6) is 0.222. The van der Waals surface area contributed by atoms with Crippen molar-refractivity contribution in [2.45, 2.75) is 24.7 Å². The first-order chi connectivity index (χ1) is 9.42. The Balaban J connectivity index is 2.42. The fourth-order valence-corrected chi connectivity index (χ4v) is 3.56. The Kier molecular flexibility index (Phi) is 4.35. The third-order valence-corrected chi connectivity index (χ3v) is 4.82. The van der Waals surface area contributed by atoms with Crippen molar-refractivity contribution < 1.29 is 8.42 Å². The average Bonchev–Trinajstić information content (AvgIpc) is 2.39. The summed E-state index contributed by atoms with van der Waals surface area (Å²) in [5, 5.41) is 0.210. The maximum Gasteiger partial charge on any atom is 0.263 e. The third kappa shape index (κ3) is 3.14. The lowest BCUT2D eigenvalue weighted by atomic mass is 10.0. The molecule has 0 spiro atoms. The topological polar surface area (TPSA) is 46.2 Å². The van der Waals surface area contributed by atoms with Crippen LogP contribution < -0.4 is 4.72 Å². The molecule has 0 aromatic heterocycles. The van der Waals surface area contributed by atoms with E-state index >= 15 is 0 Å². The van der Waals surface area contributed by atoms with Gasteiger partial charge in [-0.25, -0.2) is 8.42 Å². The molecule has 106 valence electrons. The Morgan fingerprint density at radius 2 is 1.60 bits per heavy atom. The maximum absolute atomic E-state index is 12.4. The molecule has 0 unspecified atom stereocenters. The minimum absolute atomic E-state index is 0.0835. The summed E-state index contributed by atoms with van der Waals surface area (Å²) < 4.78 is 27.4. The van der Waals surface area contributed by atoms with Gasteiger partial charge in [-0.05, 0) is 29.7 Å². The molecule has 0 atom stereocenters. The molecule has 0 heterocycles. The predicted molar refractivity (Wildman–Crippen MR) is 82.8 cm³/mol. The highest BCUT2D eigenvalue weighted by atomic mass is 35.5. The van der Waals surface area contributed by atoms with Gasteiger partial charge in [-0.1, -0.05) is 55.8 Å². The van der Waals surface area contributed by atoms with Gasteiger partial charge in [-0.2, -0.15) is 0 Å². The molecular weight excluding hydrogens is 294 g/mol.